The van der Waals surface area contributed by atoms with Crippen LogP contribution in [0.2, 0.25) is 0 Å². The Balaban J connectivity index is 2.63. The molecule has 0 aliphatic rings. The van der Waals surface area contributed by atoms with Crippen LogP contribution in [0.1, 0.15) is 10.4 Å². The maximum atomic E-state index is 12.0. The Morgan fingerprint density at radius 1 is 1.71 bits per heavy atom. The van der Waals surface area contributed by atoms with E-state index in [0.29, 0.717) is 10.2 Å². The van der Waals surface area contributed by atoms with Crippen molar-refractivity contribution in [1.82, 2.24) is 9.88 Å². The molecule has 0 radical (unpaired) electrons. The third kappa shape index (κ3) is 4.41. The lowest BCUT2D eigenvalue weighted by molar-refractivity contribution is 0.0380. The monoisotopic (exact) mass is 302 g/mol. The molecular weight excluding hydrogens is 288 g/mol. The summed E-state index contributed by atoms with van der Waals surface area (Å²) in [5.41, 5.74) is 0.527. The molecule has 94 valence electrons. The fraction of sp³-hybridized carbons (Fsp3) is 0.455. The number of rotatable bonds is 5. The first kappa shape index (κ1) is 14.1. The molecule has 0 bridgehead atoms. The molecule has 5 nitrogen and oxygen atoms in total. The van der Waals surface area contributed by atoms with E-state index in [0.717, 1.165) is 0 Å². The SMILES string of the molecule is COCC(O)CN(C)C(=O)c1ccnc(Br)c1. The second-order valence-corrected chi connectivity index (χ2v) is 4.47. The van der Waals surface area contributed by atoms with Crippen molar-refractivity contribution in [3.05, 3.63) is 28.5 Å². The molecule has 1 heterocycles. The molecule has 0 saturated heterocycles. The summed E-state index contributed by atoms with van der Waals surface area (Å²) in [6, 6.07) is 3.27. The number of carbonyl (C=O) groups excluding carboxylic acids is 1. The van der Waals surface area contributed by atoms with Gasteiger partial charge in [0.25, 0.3) is 5.91 Å². The number of amides is 1. The normalized spacial score (nSPS) is 12.2. The van der Waals surface area contributed by atoms with E-state index in [2.05, 4.69) is 20.9 Å². The first-order valence-corrected chi connectivity index (χ1v) is 5.88. The lowest BCUT2D eigenvalue weighted by Crippen LogP contribution is -2.36. The summed E-state index contributed by atoms with van der Waals surface area (Å²) in [6.45, 7) is 0.435. The highest BCUT2D eigenvalue weighted by molar-refractivity contribution is 9.10. The number of likely N-dealkylation sites (N-methyl/N-ethyl adjacent to an activating group) is 1. The van der Waals surface area contributed by atoms with Crippen molar-refractivity contribution in [2.45, 2.75) is 6.10 Å². The van der Waals surface area contributed by atoms with E-state index in [1.54, 1.807) is 25.4 Å². The van der Waals surface area contributed by atoms with Crippen molar-refractivity contribution < 1.29 is 14.6 Å². The van der Waals surface area contributed by atoms with Gasteiger partial charge < -0.3 is 14.7 Å². The summed E-state index contributed by atoms with van der Waals surface area (Å²) >= 11 is 3.20. The number of ether oxygens (including phenoxy) is 1. The maximum Gasteiger partial charge on any atom is 0.253 e. The minimum absolute atomic E-state index is 0.164. The van der Waals surface area contributed by atoms with Crippen LogP contribution in [0.15, 0.2) is 22.9 Å². The molecule has 1 amide bonds. The number of aliphatic hydroxyl groups is 1. The summed E-state index contributed by atoms with van der Waals surface area (Å²) < 4.78 is 5.41. The van der Waals surface area contributed by atoms with Crippen molar-refractivity contribution in [1.29, 1.82) is 0 Å². The number of halogens is 1. The number of aliphatic hydroxyl groups excluding tert-OH is 1. The molecule has 0 spiro atoms. The highest BCUT2D eigenvalue weighted by Gasteiger charge is 2.15. The molecule has 0 aliphatic carbocycles. The number of carbonyl (C=O) groups is 1. The fourth-order valence-corrected chi connectivity index (χ4v) is 1.76. The van der Waals surface area contributed by atoms with Crippen LogP contribution in [0.4, 0.5) is 0 Å². The first-order valence-electron chi connectivity index (χ1n) is 5.08. The molecule has 0 saturated carbocycles. The van der Waals surface area contributed by atoms with Crippen LogP contribution in [-0.2, 0) is 4.74 Å². The summed E-state index contributed by atoms with van der Waals surface area (Å²) in [5.74, 6) is -0.164. The van der Waals surface area contributed by atoms with Crippen molar-refractivity contribution in [2.24, 2.45) is 0 Å². The van der Waals surface area contributed by atoms with Crippen LogP contribution >= 0.6 is 15.9 Å². The average molecular weight is 303 g/mol. The number of methoxy groups -OCH3 is 1. The Morgan fingerprint density at radius 3 is 3.00 bits per heavy atom. The molecule has 1 atom stereocenters. The smallest absolute Gasteiger partial charge is 0.253 e. The fourth-order valence-electron chi connectivity index (χ4n) is 1.40. The van der Waals surface area contributed by atoms with E-state index in [9.17, 15) is 9.90 Å². The van der Waals surface area contributed by atoms with Gasteiger partial charge in [0.05, 0.1) is 12.7 Å². The van der Waals surface area contributed by atoms with Crippen LogP contribution in [-0.4, -0.2) is 54.3 Å². The van der Waals surface area contributed by atoms with E-state index in [-0.39, 0.29) is 19.1 Å². The van der Waals surface area contributed by atoms with Gasteiger partial charge >= 0.3 is 0 Å². The zero-order valence-corrected chi connectivity index (χ0v) is 11.3. The van der Waals surface area contributed by atoms with E-state index in [1.807, 2.05) is 0 Å². The third-order valence-corrected chi connectivity index (χ3v) is 2.60. The molecule has 0 fully saturated rings. The number of nitrogens with zero attached hydrogens (tertiary/aromatic N) is 2. The summed E-state index contributed by atoms with van der Waals surface area (Å²) in [4.78, 5) is 17.4. The van der Waals surface area contributed by atoms with E-state index >= 15 is 0 Å². The van der Waals surface area contributed by atoms with E-state index in [4.69, 9.17) is 4.74 Å². The van der Waals surface area contributed by atoms with Crippen LogP contribution in [0.5, 0.6) is 0 Å². The predicted octanol–water partition coefficient (Wildman–Crippen LogP) is 0.923. The van der Waals surface area contributed by atoms with Gasteiger partial charge in [0.2, 0.25) is 0 Å². The van der Waals surface area contributed by atoms with Crippen molar-refractivity contribution in [2.75, 3.05) is 27.3 Å². The quantitative estimate of drug-likeness (QED) is 0.822. The lowest BCUT2D eigenvalue weighted by atomic mass is 10.2. The number of aromatic nitrogens is 1. The van der Waals surface area contributed by atoms with Crippen LogP contribution in [0.25, 0.3) is 0 Å². The Labute approximate surface area is 109 Å². The molecular formula is C11H15BrN2O3. The van der Waals surface area contributed by atoms with Gasteiger partial charge in [0.1, 0.15) is 4.60 Å². The average Bonchev–Trinajstić information content (AvgIpc) is 2.28. The largest absolute Gasteiger partial charge is 0.389 e. The van der Waals surface area contributed by atoms with Gasteiger partial charge in [-0.2, -0.15) is 0 Å². The van der Waals surface area contributed by atoms with Crippen molar-refractivity contribution in [3.8, 4) is 0 Å². The molecule has 6 heteroatoms. The first-order chi connectivity index (χ1) is 8.04. The minimum atomic E-state index is -0.681. The highest BCUT2D eigenvalue weighted by atomic mass is 79.9. The van der Waals surface area contributed by atoms with Crippen molar-refractivity contribution in [3.63, 3.8) is 0 Å². The number of hydrogen-bond acceptors (Lipinski definition) is 4. The van der Waals surface area contributed by atoms with Crippen LogP contribution in [0, 0.1) is 0 Å². The second kappa shape index (κ2) is 6.68. The predicted molar refractivity (Wildman–Crippen MR) is 66.8 cm³/mol. The van der Waals surface area contributed by atoms with Crippen LogP contribution in [0.3, 0.4) is 0 Å². The van der Waals surface area contributed by atoms with Gasteiger partial charge in [-0.15, -0.1) is 0 Å². The van der Waals surface area contributed by atoms with Gasteiger partial charge in [0.15, 0.2) is 0 Å². The molecule has 1 N–H and O–H groups in total. The van der Waals surface area contributed by atoms with Crippen LogP contribution < -0.4 is 0 Å². The molecule has 0 aliphatic heterocycles. The lowest BCUT2D eigenvalue weighted by Gasteiger charge is -2.20. The maximum absolute atomic E-state index is 12.0. The summed E-state index contributed by atoms with van der Waals surface area (Å²) in [7, 11) is 3.14. The Morgan fingerprint density at radius 2 is 2.41 bits per heavy atom. The van der Waals surface area contributed by atoms with E-state index < -0.39 is 6.10 Å². The van der Waals surface area contributed by atoms with Gasteiger partial charge in [-0.3, -0.25) is 4.79 Å². The van der Waals surface area contributed by atoms with Gasteiger partial charge in [-0.05, 0) is 28.1 Å². The molecule has 1 rings (SSSR count). The number of pyridine rings is 1. The second-order valence-electron chi connectivity index (χ2n) is 3.66. The standard InChI is InChI=1S/C11H15BrN2O3/c1-14(6-9(15)7-17-2)11(16)8-3-4-13-10(12)5-8/h3-5,9,15H,6-7H2,1-2H3. The van der Waals surface area contributed by atoms with Gasteiger partial charge in [-0.25, -0.2) is 4.98 Å². The third-order valence-electron chi connectivity index (χ3n) is 2.16. The minimum Gasteiger partial charge on any atom is -0.389 e. The van der Waals surface area contributed by atoms with E-state index in [1.165, 1.54) is 12.0 Å². The van der Waals surface area contributed by atoms with Crippen molar-refractivity contribution >= 4 is 21.8 Å². The molecule has 1 aromatic heterocycles. The zero-order valence-electron chi connectivity index (χ0n) is 9.76. The molecule has 0 aromatic carbocycles. The Hall–Kier alpha value is -0.980. The number of hydrogen-bond donors (Lipinski definition) is 1. The topological polar surface area (TPSA) is 62.7 Å². The summed E-state index contributed by atoms with van der Waals surface area (Å²) in [5, 5.41) is 9.53. The molecule has 17 heavy (non-hydrogen) atoms. The molecule has 1 unspecified atom stereocenters. The van der Waals surface area contributed by atoms with Gasteiger partial charge in [-0.1, -0.05) is 0 Å². The Kier molecular flexibility index (Phi) is 5.54. The Bertz CT molecular complexity index is 387. The summed E-state index contributed by atoms with van der Waals surface area (Å²) in [6.07, 6.45) is 0.871. The van der Waals surface area contributed by atoms with Gasteiger partial charge in [0, 0.05) is 32.5 Å². The molecule has 1 aromatic rings. The zero-order chi connectivity index (χ0) is 12.8. The highest BCUT2D eigenvalue weighted by Crippen LogP contribution is 2.10.